The van der Waals surface area contributed by atoms with Gasteiger partial charge >= 0.3 is 0 Å². The molecule has 5 nitrogen and oxygen atoms in total. The van der Waals surface area contributed by atoms with Gasteiger partial charge in [0.25, 0.3) is 11.7 Å². The van der Waals surface area contributed by atoms with Crippen LogP contribution in [0.25, 0.3) is 5.76 Å². The molecule has 1 fully saturated rings. The molecule has 0 radical (unpaired) electrons. The third-order valence-corrected chi connectivity index (χ3v) is 5.82. The Balaban J connectivity index is 2.03. The number of nitrogens with zero attached hydrogens (tertiary/aromatic N) is 1. The number of hydrogen-bond donors (Lipinski definition) is 1. The van der Waals surface area contributed by atoms with Gasteiger partial charge in [-0.05, 0) is 61.6 Å². The van der Waals surface area contributed by atoms with Crippen LogP contribution in [0.1, 0.15) is 62.8 Å². The fourth-order valence-corrected chi connectivity index (χ4v) is 3.96. The number of benzene rings is 2. The maximum Gasteiger partial charge on any atom is 0.295 e. The van der Waals surface area contributed by atoms with Crippen molar-refractivity contribution < 1.29 is 19.4 Å². The minimum absolute atomic E-state index is 0.0923. The fourth-order valence-electron chi connectivity index (χ4n) is 3.84. The van der Waals surface area contributed by atoms with Crippen molar-refractivity contribution in [3.05, 3.63) is 75.8 Å². The number of carbonyl (C=O) groups is 2. The van der Waals surface area contributed by atoms with Gasteiger partial charge < -0.3 is 14.7 Å². The smallest absolute Gasteiger partial charge is 0.295 e. The minimum atomic E-state index is -0.680. The molecule has 0 aliphatic carbocycles. The van der Waals surface area contributed by atoms with Gasteiger partial charge in [-0.15, -0.1) is 0 Å². The molecule has 1 heterocycles. The second kappa shape index (κ2) is 10.3. The Labute approximate surface area is 194 Å². The Morgan fingerprint density at radius 3 is 2.22 bits per heavy atom. The second-order valence-corrected chi connectivity index (χ2v) is 9.03. The van der Waals surface area contributed by atoms with Crippen LogP contribution in [0, 0.1) is 0 Å². The van der Waals surface area contributed by atoms with E-state index in [4.69, 9.17) is 16.3 Å². The lowest BCUT2D eigenvalue weighted by atomic mass is 9.93. The second-order valence-electron chi connectivity index (χ2n) is 8.59. The number of amides is 1. The summed E-state index contributed by atoms with van der Waals surface area (Å²) in [7, 11) is 0. The van der Waals surface area contributed by atoms with E-state index in [1.54, 1.807) is 24.3 Å². The molecule has 0 saturated carbocycles. The van der Waals surface area contributed by atoms with Crippen molar-refractivity contribution in [2.75, 3.05) is 13.2 Å². The molecule has 2 aromatic rings. The van der Waals surface area contributed by atoms with Crippen LogP contribution in [0.4, 0.5) is 0 Å². The van der Waals surface area contributed by atoms with Crippen LogP contribution in [0.15, 0.2) is 54.1 Å². The summed E-state index contributed by atoms with van der Waals surface area (Å²) in [6, 6.07) is 13.8. The Morgan fingerprint density at radius 1 is 1.03 bits per heavy atom. The van der Waals surface area contributed by atoms with Gasteiger partial charge in [0, 0.05) is 23.7 Å². The highest BCUT2D eigenvalue weighted by atomic mass is 35.5. The highest BCUT2D eigenvalue weighted by Crippen LogP contribution is 2.39. The van der Waals surface area contributed by atoms with E-state index in [-0.39, 0.29) is 17.4 Å². The summed E-state index contributed by atoms with van der Waals surface area (Å²) >= 11 is 5.97. The maximum absolute atomic E-state index is 13.0. The van der Waals surface area contributed by atoms with Crippen LogP contribution in [-0.2, 0) is 14.3 Å². The number of ketones is 1. The molecule has 1 aliphatic heterocycles. The zero-order chi connectivity index (χ0) is 23.4. The molecule has 1 atom stereocenters. The summed E-state index contributed by atoms with van der Waals surface area (Å²) in [5.41, 5.74) is 2.49. The predicted molar refractivity (Wildman–Crippen MR) is 127 cm³/mol. The first-order valence-corrected chi connectivity index (χ1v) is 11.3. The van der Waals surface area contributed by atoms with Crippen LogP contribution in [0.5, 0.6) is 0 Å². The molecular formula is C26H30ClNO4. The Kier molecular flexibility index (Phi) is 7.75. The lowest BCUT2D eigenvalue weighted by Crippen LogP contribution is -2.31. The largest absolute Gasteiger partial charge is 0.507 e. The summed E-state index contributed by atoms with van der Waals surface area (Å²) in [5.74, 6) is -1.13. The van der Waals surface area contributed by atoms with Gasteiger partial charge in [-0.25, -0.2) is 0 Å². The third-order valence-electron chi connectivity index (χ3n) is 5.57. The molecule has 0 aromatic heterocycles. The van der Waals surface area contributed by atoms with Gasteiger partial charge in [-0.3, -0.25) is 9.59 Å². The summed E-state index contributed by atoms with van der Waals surface area (Å²) in [6.45, 7) is 8.96. The third kappa shape index (κ3) is 5.22. The zero-order valence-electron chi connectivity index (χ0n) is 19.0. The van der Waals surface area contributed by atoms with Crippen molar-refractivity contribution in [3.8, 4) is 0 Å². The molecule has 0 spiro atoms. The SMILES string of the molecule is CC(C)OCCCN1C(=O)C(=O)C(=C(O)c2ccc(Cl)cc2)[C@@H]1c1ccc(C(C)C)cc1. The summed E-state index contributed by atoms with van der Waals surface area (Å²) < 4.78 is 5.60. The van der Waals surface area contributed by atoms with E-state index in [2.05, 4.69) is 13.8 Å². The molecule has 170 valence electrons. The first kappa shape index (κ1) is 24.0. The van der Waals surface area contributed by atoms with E-state index >= 15 is 0 Å². The maximum atomic E-state index is 13.0. The van der Waals surface area contributed by atoms with Crippen molar-refractivity contribution in [1.82, 2.24) is 4.90 Å². The minimum Gasteiger partial charge on any atom is -0.507 e. The number of carbonyl (C=O) groups excluding carboxylic acids is 2. The highest BCUT2D eigenvalue weighted by molar-refractivity contribution is 6.46. The number of likely N-dealkylation sites (tertiary alicyclic amines) is 1. The topological polar surface area (TPSA) is 66.8 Å². The lowest BCUT2D eigenvalue weighted by Gasteiger charge is -2.26. The molecule has 1 saturated heterocycles. The van der Waals surface area contributed by atoms with Crippen LogP contribution in [-0.4, -0.2) is 41.0 Å². The van der Waals surface area contributed by atoms with E-state index < -0.39 is 17.7 Å². The van der Waals surface area contributed by atoms with Crippen LogP contribution in [0.3, 0.4) is 0 Å². The number of ether oxygens (including phenoxy) is 1. The number of rotatable bonds is 8. The molecule has 1 N–H and O–H groups in total. The average Bonchev–Trinajstić information content (AvgIpc) is 3.01. The van der Waals surface area contributed by atoms with Gasteiger partial charge in [0.2, 0.25) is 0 Å². The summed E-state index contributed by atoms with van der Waals surface area (Å²) in [4.78, 5) is 27.5. The molecule has 6 heteroatoms. The number of aliphatic hydroxyl groups excluding tert-OH is 1. The first-order chi connectivity index (χ1) is 15.2. The number of Topliss-reactive ketones (excluding diaryl/α,β-unsaturated/α-hetero) is 1. The Morgan fingerprint density at radius 2 is 1.66 bits per heavy atom. The first-order valence-electron chi connectivity index (χ1n) is 11.0. The van der Waals surface area contributed by atoms with Crippen molar-refractivity contribution in [3.63, 3.8) is 0 Å². The monoisotopic (exact) mass is 455 g/mol. The van der Waals surface area contributed by atoms with Crippen LogP contribution in [0.2, 0.25) is 5.02 Å². The van der Waals surface area contributed by atoms with Crippen LogP contribution < -0.4 is 0 Å². The molecule has 3 rings (SSSR count). The van der Waals surface area contributed by atoms with Crippen molar-refractivity contribution in [2.45, 2.75) is 52.2 Å². The Hall–Kier alpha value is -2.63. The highest BCUT2D eigenvalue weighted by Gasteiger charge is 2.45. The molecule has 0 unspecified atom stereocenters. The van der Waals surface area contributed by atoms with Crippen LogP contribution >= 0.6 is 11.6 Å². The van der Waals surface area contributed by atoms with Gasteiger partial charge in [0.15, 0.2) is 0 Å². The summed E-state index contributed by atoms with van der Waals surface area (Å²) in [5, 5.41) is 11.6. The van der Waals surface area contributed by atoms with Crippen molar-refractivity contribution in [2.24, 2.45) is 0 Å². The summed E-state index contributed by atoms with van der Waals surface area (Å²) in [6.07, 6.45) is 0.682. The van der Waals surface area contributed by atoms with E-state index in [1.165, 1.54) is 4.90 Å². The van der Waals surface area contributed by atoms with Gasteiger partial charge in [0.05, 0.1) is 17.7 Å². The predicted octanol–water partition coefficient (Wildman–Crippen LogP) is 5.70. The van der Waals surface area contributed by atoms with E-state index in [0.717, 1.165) is 11.1 Å². The number of halogens is 1. The molecular weight excluding hydrogens is 426 g/mol. The van der Waals surface area contributed by atoms with Crippen molar-refractivity contribution >= 4 is 29.1 Å². The molecule has 1 aliphatic rings. The number of hydrogen-bond acceptors (Lipinski definition) is 4. The molecule has 0 bridgehead atoms. The van der Waals surface area contributed by atoms with E-state index in [0.29, 0.717) is 36.1 Å². The average molecular weight is 456 g/mol. The fraction of sp³-hybridized carbons (Fsp3) is 0.385. The quantitative estimate of drug-likeness (QED) is 0.240. The normalized spacial score (nSPS) is 18.2. The van der Waals surface area contributed by atoms with Gasteiger partial charge in [-0.2, -0.15) is 0 Å². The van der Waals surface area contributed by atoms with Gasteiger partial charge in [-0.1, -0.05) is 49.7 Å². The number of aliphatic hydroxyl groups is 1. The molecule has 2 aromatic carbocycles. The van der Waals surface area contributed by atoms with Crippen molar-refractivity contribution in [1.29, 1.82) is 0 Å². The van der Waals surface area contributed by atoms with Gasteiger partial charge in [0.1, 0.15) is 5.76 Å². The lowest BCUT2D eigenvalue weighted by molar-refractivity contribution is -0.140. The Bertz CT molecular complexity index is 993. The zero-order valence-corrected chi connectivity index (χ0v) is 19.7. The standard InChI is InChI=1S/C26H30ClNO4/c1-16(2)18-6-8-19(9-7-18)23-22(24(29)20-10-12-21(27)13-11-20)25(30)26(31)28(23)14-5-15-32-17(3)4/h6-13,16-17,23,29H,5,14-15H2,1-4H3/t23-/m0/s1. The van der Waals surface area contributed by atoms with E-state index in [1.807, 2.05) is 38.1 Å². The van der Waals surface area contributed by atoms with E-state index in [9.17, 15) is 14.7 Å². The molecule has 1 amide bonds. The molecule has 32 heavy (non-hydrogen) atoms.